The van der Waals surface area contributed by atoms with Crippen LogP contribution in [-0.4, -0.2) is 31.7 Å². The minimum Gasteiger partial charge on any atom is -0.322 e. The standard InChI is InChI=1S/C20H24N2O3S/c1-15-12-16(2)14-22(13-15)26(24,25)19-10-8-18(9-11-19)21-20(23)17-6-4-3-5-7-17/h3-11,15-16H,12-14H2,1-2H3,(H,21,23)/t15-,16-/m1/s1. The van der Waals surface area contributed by atoms with E-state index < -0.39 is 10.0 Å². The van der Waals surface area contributed by atoms with E-state index in [1.807, 2.05) is 6.07 Å². The molecule has 2 aromatic rings. The normalized spacial score (nSPS) is 21.3. The molecule has 1 fully saturated rings. The van der Waals surface area contributed by atoms with Crippen molar-refractivity contribution in [1.82, 2.24) is 4.31 Å². The van der Waals surface area contributed by atoms with Gasteiger partial charge in [-0.25, -0.2) is 8.42 Å². The molecule has 1 saturated heterocycles. The van der Waals surface area contributed by atoms with Crippen LogP contribution < -0.4 is 5.32 Å². The Hall–Kier alpha value is -2.18. The summed E-state index contributed by atoms with van der Waals surface area (Å²) in [5.74, 6) is 0.496. The molecule has 0 bridgehead atoms. The van der Waals surface area contributed by atoms with Gasteiger partial charge in [-0.05, 0) is 54.7 Å². The van der Waals surface area contributed by atoms with Crippen LogP contribution in [-0.2, 0) is 10.0 Å². The van der Waals surface area contributed by atoms with Gasteiger partial charge in [0.05, 0.1) is 4.90 Å². The molecular weight excluding hydrogens is 348 g/mol. The molecule has 1 aliphatic rings. The fourth-order valence-electron chi connectivity index (χ4n) is 3.45. The van der Waals surface area contributed by atoms with Gasteiger partial charge in [0.15, 0.2) is 0 Å². The summed E-state index contributed by atoms with van der Waals surface area (Å²) < 4.78 is 27.3. The molecular formula is C20H24N2O3S. The number of nitrogens with zero attached hydrogens (tertiary/aromatic N) is 1. The summed E-state index contributed by atoms with van der Waals surface area (Å²) in [5, 5.41) is 2.78. The highest BCUT2D eigenvalue weighted by atomic mass is 32.2. The lowest BCUT2D eigenvalue weighted by Crippen LogP contribution is -2.42. The summed E-state index contributed by atoms with van der Waals surface area (Å²) in [6.07, 6.45) is 1.05. The lowest BCUT2D eigenvalue weighted by Gasteiger charge is -2.34. The molecule has 138 valence electrons. The molecule has 1 amide bonds. The van der Waals surface area contributed by atoms with Crippen molar-refractivity contribution >= 4 is 21.6 Å². The van der Waals surface area contributed by atoms with Crippen molar-refractivity contribution in [2.45, 2.75) is 25.2 Å². The monoisotopic (exact) mass is 372 g/mol. The maximum absolute atomic E-state index is 12.9. The molecule has 3 rings (SSSR count). The number of anilines is 1. The third kappa shape index (κ3) is 4.14. The number of benzene rings is 2. The number of carbonyl (C=O) groups excluding carboxylic acids is 1. The van der Waals surface area contributed by atoms with Gasteiger partial charge in [0, 0.05) is 24.3 Å². The average molecular weight is 372 g/mol. The Kier molecular flexibility index (Phi) is 5.44. The molecule has 1 heterocycles. The van der Waals surface area contributed by atoms with Crippen LogP contribution >= 0.6 is 0 Å². The highest BCUT2D eigenvalue weighted by Gasteiger charge is 2.31. The first kappa shape index (κ1) is 18.6. The molecule has 26 heavy (non-hydrogen) atoms. The van der Waals surface area contributed by atoms with E-state index in [2.05, 4.69) is 19.2 Å². The van der Waals surface area contributed by atoms with Crippen LogP contribution in [0.4, 0.5) is 5.69 Å². The van der Waals surface area contributed by atoms with Crippen molar-refractivity contribution in [3.63, 3.8) is 0 Å². The molecule has 6 heteroatoms. The lowest BCUT2D eigenvalue weighted by atomic mass is 9.94. The Balaban J connectivity index is 1.73. The first-order chi connectivity index (χ1) is 12.4. The highest BCUT2D eigenvalue weighted by molar-refractivity contribution is 7.89. The molecule has 0 radical (unpaired) electrons. The highest BCUT2D eigenvalue weighted by Crippen LogP contribution is 2.27. The molecule has 0 aliphatic carbocycles. The van der Waals surface area contributed by atoms with Gasteiger partial charge in [0.25, 0.3) is 5.91 Å². The van der Waals surface area contributed by atoms with Gasteiger partial charge >= 0.3 is 0 Å². The molecule has 2 aromatic carbocycles. The second kappa shape index (κ2) is 7.60. The van der Waals surface area contributed by atoms with E-state index in [0.717, 1.165) is 6.42 Å². The summed E-state index contributed by atoms with van der Waals surface area (Å²) in [4.78, 5) is 12.4. The molecule has 0 spiro atoms. The number of amides is 1. The quantitative estimate of drug-likeness (QED) is 0.892. The predicted octanol–water partition coefficient (Wildman–Crippen LogP) is 3.61. The SMILES string of the molecule is C[C@@H]1C[C@@H](C)CN(S(=O)(=O)c2ccc(NC(=O)c3ccccc3)cc2)C1. The van der Waals surface area contributed by atoms with E-state index in [4.69, 9.17) is 0 Å². The first-order valence-electron chi connectivity index (χ1n) is 8.83. The van der Waals surface area contributed by atoms with Crippen molar-refractivity contribution in [1.29, 1.82) is 0 Å². The van der Waals surface area contributed by atoms with Crippen molar-refractivity contribution in [2.24, 2.45) is 11.8 Å². The van der Waals surface area contributed by atoms with Gasteiger partial charge in [-0.1, -0.05) is 32.0 Å². The van der Waals surface area contributed by atoms with Gasteiger partial charge in [0.1, 0.15) is 0 Å². The largest absolute Gasteiger partial charge is 0.322 e. The minimum atomic E-state index is -3.50. The first-order valence-corrected chi connectivity index (χ1v) is 10.3. The zero-order valence-corrected chi connectivity index (χ0v) is 15.9. The molecule has 0 aromatic heterocycles. The van der Waals surface area contributed by atoms with Crippen LogP contribution in [0.15, 0.2) is 59.5 Å². The Labute approximate surface area is 155 Å². The number of carbonyl (C=O) groups is 1. The second-order valence-electron chi connectivity index (χ2n) is 7.11. The van der Waals surface area contributed by atoms with E-state index in [-0.39, 0.29) is 10.8 Å². The van der Waals surface area contributed by atoms with Gasteiger partial charge in [-0.15, -0.1) is 0 Å². The topological polar surface area (TPSA) is 66.5 Å². The number of nitrogens with one attached hydrogen (secondary N) is 1. The second-order valence-corrected chi connectivity index (χ2v) is 9.05. The number of hydrogen-bond acceptors (Lipinski definition) is 3. The number of sulfonamides is 1. The fraction of sp³-hybridized carbons (Fsp3) is 0.350. The number of hydrogen-bond donors (Lipinski definition) is 1. The maximum atomic E-state index is 12.9. The number of piperidine rings is 1. The zero-order valence-electron chi connectivity index (χ0n) is 15.1. The summed E-state index contributed by atoms with van der Waals surface area (Å²) in [5.41, 5.74) is 1.12. The molecule has 5 nitrogen and oxygen atoms in total. The Bertz CT molecular complexity index is 854. The van der Waals surface area contributed by atoms with Crippen LogP contribution in [0.3, 0.4) is 0 Å². The fourth-order valence-corrected chi connectivity index (χ4v) is 5.13. The average Bonchev–Trinajstić information content (AvgIpc) is 2.62. The molecule has 0 saturated carbocycles. The Morgan fingerprint density at radius 1 is 0.962 bits per heavy atom. The van der Waals surface area contributed by atoms with Crippen molar-refractivity contribution in [3.05, 3.63) is 60.2 Å². The van der Waals surface area contributed by atoms with Crippen LogP contribution in [0.25, 0.3) is 0 Å². The third-order valence-corrected chi connectivity index (χ3v) is 6.47. The molecule has 1 N–H and O–H groups in total. The van der Waals surface area contributed by atoms with E-state index >= 15 is 0 Å². The van der Waals surface area contributed by atoms with Crippen LogP contribution in [0, 0.1) is 11.8 Å². The van der Waals surface area contributed by atoms with Crippen LogP contribution in [0.5, 0.6) is 0 Å². The van der Waals surface area contributed by atoms with Crippen LogP contribution in [0.1, 0.15) is 30.6 Å². The molecule has 0 unspecified atom stereocenters. The number of rotatable bonds is 4. The van der Waals surface area contributed by atoms with Crippen molar-refractivity contribution in [3.8, 4) is 0 Å². The van der Waals surface area contributed by atoms with E-state index in [9.17, 15) is 13.2 Å². The summed E-state index contributed by atoms with van der Waals surface area (Å²) >= 11 is 0. The summed E-state index contributed by atoms with van der Waals surface area (Å²) in [6.45, 7) is 5.28. The minimum absolute atomic E-state index is 0.222. The van der Waals surface area contributed by atoms with Gasteiger partial charge < -0.3 is 5.32 Å². The van der Waals surface area contributed by atoms with E-state index in [0.29, 0.717) is 36.2 Å². The maximum Gasteiger partial charge on any atom is 0.255 e. The van der Waals surface area contributed by atoms with E-state index in [1.165, 1.54) is 0 Å². The van der Waals surface area contributed by atoms with Gasteiger partial charge in [-0.3, -0.25) is 4.79 Å². The molecule has 2 atom stereocenters. The van der Waals surface area contributed by atoms with Gasteiger partial charge in [-0.2, -0.15) is 4.31 Å². The molecule has 1 aliphatic heterocycles. The van der Waals surface area contributed by atoms with Crippen LogP contribution in [0.2, 0.25) is 0 Å². The lowest BCUT2D eigenvalue weighted by molar-refractivity contribution is 0.102. The van der Waals surface area contributed by atoms with Crippen molar-refractivity contribution < 1.29 is 13.2 Å². The Morgan fingerprint density at radius 3 is 2.12 bits per heavy atom. The van der Waals surface area contributed by atoms with Crippen molar-refractivity contribution in [2.75, 3.05) is 18.4 Å². The van der Waals surface area contributed by atoms with E-state index in [1.54, 1.807) is 52.8 Å². The summed E-state index contributed by atoms with van der Waals surface area (Å²) in [7, 11) is -3.50. The van der Waals surface area contributed by atoms with Gasteiger partial charge in [0.2, 0.25) is 10.0 Å². The summed E-state index contributed by atoms with van der Waals surface area (Å²) in [6, 6.07) is 15.3. The smallest absolute Gasteiger partial charge is 0.255 e. The Morgan fingerprint density at radius 2 is 1.54 bits per heavy atom. The third-order valence-electron chi connectivity index (χ3n) is 4.62. The zero-order chi connectivity index (χ0) is 18.7. The predicted molar refractivity (Wildman–Crippen MR) is 103 cm³/mol.